The summed E-state index contributed by atoms with van der Waals surface area (Å²) in [5.74, 6) is -0.236. The first-order valence-electron chi connectivity index (χ1n) is 4.52. The van der Waals surface area contributed by atoms with Gasteiger partial charge in [-0.2, -0.15) is 0 Å². The van der Waals surface area contributed by atoms with Gasteiger partial charge in [0, 0.05) is 0 Å². The van der Waals surface area contributed by atoms with E-state index < -0.39 is 12.3 Å². The zero-order valence-corrected chi connectivity index (χ0v) is 9.64. The summed E-state index contributed by atoms with van der Waals surface area (Å²) in [4.78, 5) is 22.7. The summed E-state index contributed by atoms with van der Waals surface area (Å²) in [7, 11) is 0. The molecule has 1 aromatic heterocycles. The number of rotatable bonds is 3. The van der Waals surface area contributed by atoms with E-state index in [9.17, 15) is 9.59 Å². The highest BCUT2D eigenvalue weighted by Gasteiger charge is 2.25. The van der Waals surface area contributed by atoms with Gasteiger partial charge < -0.3 is 14.8 Å². The molecule has 0 radical (unpaired) electrons. The van der Waals surface area contributed by atoms with Gasteiger partial charge >= 0.3 is 6.16 Å². The average molecular weight is 262 g/mol. The topological polar surface area (TPSA) is 64.6 Å². The number of hydrogen-bond acceptors (Lipinski definition) is 5. The van der Waals surface area contributed by atoms with Crippen molar-refractivity contribution in [1.82, 2.24) is 5.32 Å². The number of halogens is 1. The minimum atomic E-state index is -0.696. The smallest absolute Gasteiger partial charge is 0.430 e. The predicted octanol–water partition coefficient (Wildman–Crippen LogP) is 1.67. The van der Waals surface area contributed by atoms with Gasteiger partial charge in [0.2, 0.25) is 0 Å². The lowest BCUT2D eigenvalue weighted by molar-refractivity contribution is 0.0914. The summed E-state index contributed by atoms with van der Waals surface area (Å²) in [5, 5.41) is 2.63. The van der Waals surface area contributed by atoms with E-state index in [-0.39, 0.29) is 19.1 Å². The van der Waals surface area contributed by atoms with Crippen molar-refractivity contribution in [1.29, 1.82) is 0 Å². The molecule has 2 heterocycles. The minimum absolute atomic E-state index is 0.171. The molecule has 7 heteroatoms. The van der Waals surface area contributed by atoms with Crippen molar-refractivity contribution in [3.63, 3.8) is 0 Å². The Labute approximate surface area is 100 Å². The van der Waals surface area contributed by atoms with Crippen LogP contribution in [0.15, 0.2) is 12.1 Å². The summed E-state index contributed by atoms with van der Waals surface area (Å²) in [5.41, 5.74) is 0. The molecule has 16 heavy (non-hydrogen) atoms. The third kappa shape index (κ3) is 2.65. The summed E-state index contributed by atoms with van der Waals surface area (Å²) >= 11 is 6.89. The molecule has 1 atom stereocenters. The molecule has 0 aromatic carbocycles. The molecule has 1 N–H and O–H groups in total. The van der Waals surface area contributed by atoms with Gasteiger partial charge in [0.15, 0.2) is 6.10 Å². The molecular formula is C9H8ClNO4S. The molecule has 0 aliphatic carbocycles. The Hall–Kier alpha value is -1.27. The number of carbonyl (C=O) groups excluding carboxylic acids is 2. The predicted molar refractivity (Wildman–Crippen MR) is 57.9 cm³/mol. The van der Waals surface area contributed by atoms with Crippen molar-refractivity contribution in [3.8, 4) is 0 Å². The van der Waals surface area contributed by atoms with Crippen molar-refractivity contribution in [2.45, 2.75) is 6.10 Å². The number of carbonyl (C=O) groups is 2. The third-order valence-electron chi connectivity index (χ3n) is 1.94. The van der Waals surface area contributed by atoms with Crippen molar-refractivity contribution >= 4 is 35.0 Å². The van der Waals surface area contributed by atoms with E-state index in [0.29, 0.717) is 9.21 Å². The van der Waals surface area contributed by atoms with Crippen LogP contribution in [-0.2, 0) is 9.47 Å². The molecule has 5 nitrogen and oxygen atoms in total. The van der Waals surface area contributed by atoms with Crippen LogP contribution in [0.3, 0.4) is 0 Å². The fourth-order valence-corrected chi connectivity index (χ4v) is 2.16. The maximum Gasteiger partial charge on any atom is 0.508 e. The molecule has 1 unspecified atom stereocenters. The van der Waals surface area contributed by atoms with Crippen molar-refractivity contribution in [2.24, 2.45) is 0 Å². The lowest BCUT2D eigenvalue weighted by Gasteiger charge is -2.06. The van der Waals surface area contributed by atoms with E-state index in [1.165, 1.54) is 11.3 Å². The van der Waals surface area contributed by atoms with Crippen LogP contribution in [0.1, 0.15) is 9.67 Å². The van der Waals surface area contributed by atoms with Gasteiger partial charge in [-0.1, -0.05) is 11.6 Å². The Bertz CT molecular complexity index is 419. The fourth-order valence-electron chi connectivity index (χ4n) is 1.20. The number of hydrogen-bond donors (Lipinski definition) is 1. The quantitative estimate of drug-likeness (QED) is 0.841. The maximum absolute atomic E-state index is 11.6. The SMILES string of the molecule is O=C1OCC(CNC(=O)c2ccc(Cl)s2)O1. The van der Waals surface area contributed by atoms with Gasteiger partial charge in [-0.05, 0) is 12.1 Å². The first-order chi connectivity index (χ1) is 7.65. The number of ether oxygens (including phenoxy) is 2. The molecule has 1 aromatic rings. The van der Waals surface area contributed by atoms with Crippen molar-refractivity contribution in [3.05, 3.63) is 21.3 Å². The third-order valence-corrected chi connectivity index (χ3v) is 3.17. The number of cyclic esters (lactones) is 2. The van der Waals surface area contributed by atoms with Crippen LogP contribution in [0.5, 0.6) is 0 Å². The molecule has 1 aliphatic heterocycles. The van der Waals surface area contributed by atoms with Crippen LogP contribution in [0, 0.1) is 0 Å². The van der Waals surface area contributed by atoms with Crippen molar-refractivity contribution < 1.29 is 19.1 Å². The summed E-state index contributed by atoms with van der Waals surface area (Å²) in [6, 6.07) is 3.29. The second-order valence-corrected chi connectivity index (χ2v) is 4.83. The summed E-state index contributed by atoms with van der Waals surface area (Å²) < 4.78 is 9.89. The number of thiophene rings is 1. The Morgan fingerprint density at radius 1 is 1.62 bits per heavy atom. The Balaban J connectivity index is 1.82. The standard InChI is InChI=1S/C9H8ClNO4S/c10-7-2-1-6(16-7)8(12)11-3-5-4-14-9(13)15-5/h1-2,5H,3-4H2,(H,11,12). The molecule has 1 saturated heterocycles. The van der Waals surface area contributed by atoms with Crippen LogP contribution in [0.25, 0.3) is 0 Å². The zero-order chi connectivity index (χ0) is 11.5. The highest BCUT2D eigenvalue weighted by molar-refractivity contribution is 7.17. The largest absolute Gasteiger partial charge is 0.508 e. The monoisotopic (exact) mass is 261 g/mol. The molecule has 2 rings (SSSR count). The summed E-state index contributed by atoms with van der Waals surface area (Å²) in [6.07, 6.45) is -1.11. The van der Waals surface area contributed by atoms with Gasteiger partial charge in [-0.15, -0.1) is 11.3 Å². The van der Waals surface area contributed by atoms with Crippen LogP contribution in [0.4, 0.5) is 4.79 Å². The van der Waals surface area contributed by atoms with Gasteiger partial charge in [-0.25, -0.2) is 4.79 Å². The Morgan fingerprint density at radius 2 is 2.44 bits per heavy atom. The van der Waals surface area contributed by atoms with Gasteiger partial charge in [0.25, 0.3) is 5.91 Å². The first-order valence-corrected chi connectivity index (χ1v) is 5.71. The number of amides is 1. The number of nitrogens with one attached hydrogen (secondary N) is 1. The summed E-state index contributed by atoms with van der Waals surface area (Å²) in [6.45, 7) is 0.407. The van der Waals surface area contributed by atoms with Crippen LogP contribution in [-0.4, -0.2) is 31.3 Å². The molecule has 1 aliphatic rings. The van der Waals surface area contributed by atoms with Crippen LogP contribution in [0.2, 0.25) is 4.34 Å². The lowest BCUT2D eigenvalue weighted by atomic mass is 10.3. The van der Waals surface area contributed by atoms with E-state index in [1.54, 1.807) is 12.1 Å². The van der Waals surface area contributed by atoms with E-state index in [4.69, 9.17) is 16.3 Å². The van der Waals surface area contributed by atoms with E-state index >= 15 is 0 Å². The lowest BCUT2D eigenvalue weighted by Crippen LogP contribution is -2.32. The molecule has 1 fully saturated rings. The highest BCUT2D eigenvalue weighted by Crippen LogP contribution is 2.21. The molecular weight excluding hydrogens is 254 g/mol. The molecule has 0 bridgehead atoms. The second kappa shape index (κ2) is 4.71. The van der Waals surface area contributed by atoms with Gasteiger partial charge in [0.1, 0.15) is 6.61 Å². The normalized spacial score (nSPS) is 19.1. The van der Waals surface area contributed by atoms with E-state index in [1.807, 2.05) is 0 Å². The average Bonchev–Trinajstić information content (AvgIpc) is 2.84. The van der Waals surface area contributed by atoms with E-state index in [2.05, 4.69) is 10.1 Å². The second-order valence-electron chi connectivity index (χ2n) is 3.11. The molecule has 1 amide bonds. The zero-order valence-electron chi connectivity index (χ0n) is 8.07. The van der Waals surface area contributed by atoms with Gasteiger partial charge in [0.05, 0.1) is 15.8 Å². The fraction of sp³-hybridized carbons (Fsp3) is 0.333. The highest BCUT2D eigenvalue weighted by atomic mass is 35.5. The Morgan fingerprint density at radius 3 is 3.00 bits per heavy atom. The molecule has 0 saturated carbocycles. The Kier molecular flexibility index (Phi) is 3.31. The van der Waals surface area contributed by atoms with Gasteiger partial charge in [-0.3, -0.25) is 4.79 Å². The molecule has 0 spiro atoms. The minimum Gasteiger partial charge on any atom is -0.430 e. The van der Waals surface area contributed by atoms with Crippen molar-refractivity contribution in [2.75, 3.05) is 13.2 Å². The van der Waals surface area contributed by atoms with E-state index in [0.717, 1.165) is 0 Å². The first kappa shape index (κ1) is 11.2. The van der Waals surface area contributed by atoms with Crippen LogP contribution < -0.4 is 5.32 Å². The molecule has 86 valence electrons. The maximum atomic E-state index is 11.6. The van der Waals surface area contributed by atoms with Crippen LogP contribution >= 0.6 is 22.9 Å².